The first-order valence-corrected chi connectivity index (χ1v) is 5.43. The molecule has 14 heavy (non-hydrogen) atoms. The molecule has 1 heterocycles. The zero-order chi connectivity index (χ0) is 10.6. The molecule has 3 N–H and O–H groups in total. The predicted octanol–water partition coefficient (Wildman–Crippen LogP) is 1.80. The molecule has 0 aliphatic carbocycles. The molecule has 0 fully saturated rings. The van der Waals surface area contributed by atoms with Crippen LogP contribution in [-0.4, -0.2) is 12.6 Å². The molecule has 0 spiro atoms. The van der Waals surface area contributed by atoms with Gasteiger partial charge in [-0.1, -0.05) is 20.8 Å². The summed E-state index contributed by atoms with van der Waals surface area (Å²) in [4.78, 5) is 0. The topological polar surface area (TPSA) is 47.3 Å². The Bertz CT molecular complexity index is 201. The van der Waals surface area contributed by atoms with E-state index < -0.39 is 0 Å². The highest BCUT2D eigenvalue weighted by Crippen LogP contribution is 2.24. The van der Waals surface area contributed by atoms with E-state index in [9.17, 15) is 0 Å². The summed E-state index contributed by atoms with van der Waals surface area (Å²) in [6.07, 6.45) is 4.09. The predicted molar refractivity (Wildman–Crippen MR) is 58.4 cm³/mol. The highest BCUT2D eigenvalue weighted by atomic mass is 16.5. The molecule has 1 aliphatic heterocycles. The fourth-order valence-electron chi connectivity index (χ4n) is 1.79. The van der Waals surface area contributed by atoms with Gasteiger partial charge in [-0.15, -0.1) is 0 Å². The van der Waals surface area contributed by atoms with Crippen molar-refractivity contribution in [1.29, 1.82) is 0 Å². The van der Waals surface area contributed by atoms with E-state index in [4.69, 9.17) is 10.6 Å². The fraction of sp³-hybridized carbons (Fsp3) is 0.818. The van der Waals surface area contributed by atoms with E-state index in [1.165, 1.54) is 5.57 Å². The molecule has 2 atom stereocenters. The zero-order valence-corrected chi connectivity index (χ0v) is 9.42. The van der Waals surface area contributed by atoms with E-state index in [-0.39, 0.29) is 6.04 Å². The number of hydrogen-bond donors (Lipinski definition) is 2. The van der Waals surface area contributed by atoms with Crippen LogP contribution in [0.3, 0.4) is 0 Å². The lowest BCUT2D eigenvalue weighted by Gasteiger charge is -2.30. The Morgan fingerprint density at radius 2 is 2.14 bits per heavy atom. The summed E-state index contributed by atoms with van der Waals surface area (Å²) in [7, 11) is 0. The molecule has 0 amide bonds. The van der Waals surface area contributed by atoms with Crippen molar-refractivity contribution >= 4 is 0 Å². The van der Waals surface area contributed by atoms with Crippen molar-refractivity contribution < 1.29 is 4.74 Å². The molecule has 1 aliphatic rings. The van der Waals surface area contributed by atoms with Crippen LogP contribution in [0.5, 0.6) is 0 Å². The molecule has 1 rings (SSSR count). The van der Waals surface area contributed by atoms with Crippen molar-refractivity contribution in [3.8, 4) is 0 Å². The lowest BCUT2D eigenvalue weighted by Crippen LogP contribution is -2.43. The van der Waals surface area contributed by atoms with Crippen LogP contribution in [0, 0.1) is 11.8 Å². The van der Waals surface area contributed by atoms with Crippen molar-refractivity contribution in [2.45, 2.75) is 39.7 Å². The molecule has 0 saturated carbocycles. The molecule has 0 aromatic carbocycles. The van der Waals surface area contributed by atoms with Crippen LogP contribution in [0.1, 0.15) is 33.6 Å². The monoisotopic (exact) mass is 198 g/mol. The van der Waals surface area contributed by atoms with Crippen molar-refractivity contribution in [1.82, 2.24) is 5.43 Å². The molecule has 3 heteroatoms. The quantitative estimate of drug-likeness (QED) is 0.535. The maximum Gasteiger partial charge on any atom is 0.0876 e. The van der Waals surface area contributed by atoms with Crippen LogP contribution in [0.4, 0.5) is 0 Å². The third-order valence-electron chi connectivity index (χ3n) is 3.12. The van der Waals surface area contributed by atoms with Crippen molar-refractivity contribution in [3.63, 3.8) is 0 Å². The van der Waals surface area contributed by atoms with Gasteiger partial charge in [0.15, 0.2) is 0 Å². The number of nitrogens with one attached hydrogen (secondary N) is 1. The highest BCUT2D eigenvalue weighted by Gasteiger charge is 2.23. The van der Waals surface area contributed by atoms with Crippen LogP contribution in [-0.2, 0) is 4.74 Å². The van der Waals surface area contributed by atoms with E-state index in [1.54, 1.807) is 0 Å². The van der Waals surface area contributed by atoms with Crippen LogP contribution < -0.4 is 11.3 Å². The first-order valence-electron chi connectivity index (χ1n) is 5.43. The van der Waals surface area contributed by atoms with Gasteiger partial charge in [0, 0.05) is 6.04 Å². The van der Waals surface area contributed by atoms with Crippen LogP contribution in [0.25, 0.3) is 0 Å². The number of ether oxygens (including phenoxy) is 1. The molecule has 0 saturated heterocycles. The van der Waals surface area contributed by atoms with E-state index in [1.807, 2.05) is 6.26 Å². The summed E-state index contributed by atoms with van der Waals surface area (Å²) in [6, 6.07) is 0.260. The van der Waals surface area contributed by atoms with Crippen molar-refractivity contribution in [2.24, 2.45) is 17.7 Å². The second-order valence-electron chi connectivity index (χ2n) is 4.41. The molecule has 0 aromatic heterocycles. The van der Waals surface area contributed by atoms with Crippen molar-refractivity contribution in [3.05, 3.63) is 11.8 Å². The van der Waals surface area contributed by atoms with Gasteiger partial charge in [0.05, 0.1) is 12.9 Å². The Kier molecular flexibility index (Phi) is 4.42. The molecule has 0 aromatic rings. The van der Waals surface area contributed by atoms with E-state index in [0.29, 0.717) is 11.8 Å². The third-order valence-corrected chi connectivity index (χ3v) is 3.12. The number of hydrazine groups is 1. The SMILES string of the molecule is CC(C)C(C)C(NN)C1=COCCC1. The minimum Gasteiger partial charge on any atom is -0.501 e. The summed E-state index contributed by atoms with van der Waals surface area (Å²) in [5.41, 5.74) is 4.21. The summed E-state index contributed by atoms with van der Waals surface area (Å²) >= 11 is 0. The molecular formula is C11H22N2O. The maximum absolute atomic E-state index is 5.60. The second-order valence-corrected chi connectivity index (χ2v) is 4.41. The number of rotatable bonds is 4. The largest absolute Gasteiger partial charge is 0.501 e. The molecule has 3 nitrogen and oxygen atoms in total. The smallest absolute Gasteiger partial charge is 0.0876 e. The first kappa shape index (κ1) is 11.5. The lowest BCUT2D eigenvalue weighted by molar-refractivity contribution is 0.210. The summed E-state index contributed by atoms with van der Waals surface area (Å²) in [6.45, 7) is 7.51. The van der Waals surface area contributed by atoms with Gasteiger partial charge in [-0.25, -0.2) is 0 Å². The van der Waals surface area contributed by atoms with Gasteiger partial charge in [-0.3, -0.25) is 11.3 Å². The minimum atomic E-state index is 0.260. The third kappa shape index (κ3) is 2.72. The van der Waals surface area contributed by atoms with E-state index in [2.05, 4.69) is 26.2 Å². The Hall–Kier alpha value is -0.540. The van der Waals surface area contributed by atoms with Gasteiger partial charge in [0.2, 0.25) is 0 Å². The van der Waals surface area contributed by atoms with Crippen molar-refractivity contribution in [2.75, 3.05) is 6.61 Å². The van der Waals surface area contributed by atoms with Gasteiger partial charge < -0.3 is 4.74 Å². The fourth-order valence-corrected chi connectivity index (χ4v) is 1.79. The van der Waals surface area contributed by atoms with Crippen LogP contribution in [0.2, 0.25) is 0 Å². The zero-order valence-electron chi connectivity index (χ0n) is 9.42. The number of nitrogens with two attached hydrogens (primary N) is 1. The van der Waals surface area contributed by atoms with Gasteiger partial charge in [0.25, 0.3) is 0 Å². The van der Waals surface area contributed by atoms with E-state index >= 15 is 0 Å². The molecule has 0 bridgehead atoms. The standard InChI is InChI=1S/C11H22N2O/c1-8(2)9(3)11(13-12)10-5-4-6-14-7-10/h7-9,11,13H,4-6,12H2,1-3H3. The highest BCUT2D eigenvalue weighted by molar-refractivity contribution is 5.11. The maximum atomic E-state index is 5.60. The molecule has 2 unspecified atom stereocenters. The van der Waals surface area contributed by atoms with Gasteiger partial charge in [-0.05, 0) is 30.3 Å². The number of hydrogen-bond acceptors (Lipinski definition) is 3. The molecular weight excluding hydrogens is 176 g/mol. The molecule has 0 radical (unpaired) electrons. The van der Waals surface area contributed by atoms with Gasteiger partial charge in [0.1, 0.15) is 0 Å². The Morgan fingerprint density at radius 1 is 1.43 bits per heavy atom. The lowest BCUT2D eigenvalue weighted by atomic mass is 9.85. The summed E-state index contributed by atoms with van der Waals surface area (Å²) < 4.78 is 5.34. The van der Waals surface area contributed by atoms with Gasteiger partial charge >= 0.3 is 0 Å². The Balaban J connectivity index is 2.64. The summed E-state index contributed by atoms with van der Waals surface area (Å²) in [5.74, 6) is 6.76. The normalized spacial score (nSPS) is 21.4. The minimum absolute atomic E-state index is 0.260. The average Bonchev–Trinajstić information content (AvgIpc) is 2.20. The Labute approximate surface area is 86.7 Å². The van der Waals surface area contributed by atoms with Crippen LogP contribution >= 0.6 is 0 Å². The van der Waals surface area contributed by atoms with E-state index in [0.717, 1.165) is 19.4 Å². The first-order chi connectivity index (χ1) is 6.66. The second kappa shape index (κ2) is 5.37. The van der Waals surface area contributed by atoms with Gasteiger partial charge in [-0.2, -0.15) is 0 Å². The Morgan fingerprint density at radius 3 is 2.57 bits per heavy atom. The average molecular weight is 198 g/mol. The van der Waals surface area contributed by atoms with Crippen LogP contribution in [0.15, 0.2) is 11.8 Å². The molecule has 82 valence electrons. The summed E-state index contributed by atoms with van der Waals surface area (Å²) in [5, 5.41) is 0.